The molecule has 0 aromatic carbocycles. The van der Waals surface area contributed by atoms with Gasteiger partial charge < -0.3 is 11.5 Å². The molecule has 0 radical (unpaired) electrons. The van der Waals surface area contributed by atoms with Crippen molar-refractivity contribution >= 4 is 11.5 Å². The standard InChI is InChI=1S/C17H23N7.C7H15N5.C5H10.2C2H6/c1-9-7-12(9)16-19-14(21-23-16)5-4-6-18-11(3)15-20-17(24-22-15)13-8-10(13)2;1-6(5-9)12(11)7(10)3-2-4-8;1-4-3-5(4)2;2*1-2/h4,6,9-10,12-13H,5,7-8H2,1-3H3,(H,19,21,23)(H,20,22,24);2,4-5,10H,3,8-9,11H2,1H3;4-5H,3H2,1-2H3;2*1-2H3/b6-4+,18-11?;4-2+,6-5-,10-7?;;;. The monoisotopic (exact) mass is 625 g/mol. The number of aliphatic imine (C=N–C) groups is 1. The lowest BCUT2D eigenvalue weighted by molar-refractivity contribution is 0.531. The molecule has 2 aromatic rings. The second-order valence-corrected chi connectivity index (χ2v) is 11.6. The largest absolute Gasteiger partial charge is 0.405 e. The van der Waals surface area contributed by atoms with E-state index in [-0.39, 0.29) is 5.84 Å². The zero-order chi connectivity index (χ0) is 34.1. The summed E-state index contributed by atoms with van der Waals surface area (Å²) in [7, 11) is 0. The number of amidine groups is 1. The fourth-order valence-electron chi connectivity index (χ4n) is 4.02. The van der Waals surface area contributed by atoms with Gasteiger partial charge in [-0.25, -0.2) is 15.8 Å². The predicted octanol–water partition coefficient (Wildman–Crippen LogP) is 6.27. The lowest BCUT2D eigenvalue weighted by atomic mass is 10.3. The van der Waals surface area contributed by atoms with Crippen molar-refractivity contribution < 1.29 is 0 Å². The third kappa shape index (κ3) is 13.8. The van der Waals surface area contributed by atoms with Crippen molar-refractivity contribution in [2.75, 3.05) is 0 Å². The van der Waals surface area contributed by atoms with Gasteiger partial charge in [-0.15, -0.1) is 0 Å². The fraction of sp³-hybridized carbons (Fsp3) is 0.636. The first-order chi connectivity index (χ1) is 21.5. The molecule has 12 heteroatoms. The van der Waals surface area contributed by atoms with Gasteiger partial charge in [-0.2, -0.15) is 10.2 Å². The highest BCUT2D eigenvalue weighted by atomic mass is 15.4. The number of hydrogen-bond acceptors (Lipinski definition) is 9. The van der Waals surface area contributed by atoms with Crippen LogP contribution in [0, 0.1) is 29.1 Å². The minimum Gasteiger partial charge on any atom is -0.405 e. The van der Waals surface area contributed by atoms with Gasteiger partial charge >= 0.3 is 0 Å². The Morgan fingerprint density at radius 2 is 1.47 bits per heavy atom. The lowest BCUT2D eigenvalue weighted by Gasteiger charge is -2.18. The van der Waals surface area contributed by atoms with Crippen molar-refractivity contribution in [3.8, 4) is 0 Å². The number of hydrogen-bond donors (Lipinski definition) is 6. The van der Waals surface area contributed by atoms with Crippen LogP contribution < -0.4 is 17.3 Å². The zero-order valence-electron chi connectivity index (χ0n) is 29.3. The van der Waals surface area contributed by atoms with Gasteiger partial charge in [0.25, 0.3) is 0 Å². The highest BCUT2D eigenvalue weighted by Gasteiger charge is 2.37. The molecule has 252 valence electrons. The molecule has 0 saturated heterocycles. The third-order valence-corrected chi connectivity index (χ3v) is 7.83. The van der Waals surface area contributed by atoms with E-state index in [2.05, 4.69) is 63.1 Å². The molecular formula is C33H60N12. The molecule has 0 spiro atoms. The number of hydrazine groups is 1. The Bertz CT molecular complexity index is 1250. The molecule has 9 N–H and O–H groups in total. The summed E-state index contributed by atoms with van der Waals surface area (Å²) in [6.45, 7) is 20.7. The van der Waals surface area contributed by atoms with Crippen LogP contribution in [0.3, 0.4) is 0 Å². The van der Waals surface area contributed by atoms with Gasteiger partial charge in [0.15, 0.2) is 11.6 Å². The summed E-state index contributed by atoms with van der Waals surface area (Å²) < 4.78 is 0. The molecule has 0 amide bonds. The topological polar surface area (TPSA) is 201 Å². The maximum Gasteiger partial charge on any atom is 0.195 e. The van der Waals surface area contributed by atoms with Crippen molar-refractivity contribution in [1.82, 2.24) is 35.4 Å². The van der Waals surface area contributed by atoms with Gasteiger partial charge in [-0.1, -0.05) is 67.5 Å². The first-order valence-electron chi connectivity index (χ1n) is 16.5. The predicted molar refractivity (Wildman–Crippen MR) is 186 cm³/mol. The van der Waals surface area contributed by atoms with Crippen molar-refractivity contribution in [1.29, 1.82) is 5.41 Å². The van der Waals surface area contributed by atoms with E-state index in [1.165, 1.54) is 36.7 Å². The van der Waals surface area contributed by atoms with Gasteiger partial charge in [0.05, 0.1) is 5.71 Å². The number of nitrogens with one attached hydrogen (secondary N) is 3. The number of H-pyrrole nitrogens is 2. The zero-order valence-corrected chi connectivity index (χ0v) is 29.3. The van der Waals surface area contributed by atoms with Crippen molar-refractivity contribution in [2.45, 2.75) is 113 Å². The van der Waals surface area contributed by atoms with Crippen molar-refractivity contribution in [3.63, 3.8) is 0 Å². The van der Waals surface area contributed by atoms with Crippen molar-refractivity contribution in [2.24, 2.45) is 46.0 Å². The molecule has 3 aliphatic carbocycles. The molecular weight excluding hydrogens is 564 g/mol. The van der Waals surface area contributed by atoms with Crippen LogP contribution in [0.2, 0.25) is 0 Å². The second-order valence-electron chi connectivity index (χ2n) is 11.6. The minimum atomic E-state index is 0.246. The molecule has 45 heavy (non-hydrogen) atoms. The van der Waals surface area contributed by atoms with E-state index in [4.69, 9.17) is 22.7 Å². The van der Waals surface area contributed by atoms with Crippen molar-refractivity contribution in [3.05, 3.63) is 59.7 Å². The Labute approximate surface area is 271 Å². The molecule has 3 fully saturated rings. The van der Waals surface area contributed by atoms with Crippen LogP contribution in [0.5, 0.6) is 0 Å². The summed E-state index contributed by atoms with van der Waals surface area (Å²) in [5.41, 5.74) is 11.8. The van der Waals surface area contributed by atoms with E-state index < -0.39 is 0 Å². The first kappa shape index (κ1) is 39.2. The van der Waals surface area contributed by atoms with E-state index >= 15 is 0 Å². The minimum absolute atomic E-state index is 0.246. The Morgan fingerprint density at radius 1 is 0.889 bits per heavy atom. The molecule has 5 rings (SSSR count). The quantitative estimate of drug-likeness (QED) is 0.0810. The average molecular weight is 625 g/mol. The maximum atomic E-state index is 7.43. The van der Waals surface area contributed by atoms with Crippen LogP contribution in [0.4, 0.5) is 0 Å². The number of rotatable bonds is 9. The van der Waals surface area contributed by atoms with Gasteiger partial charge in [-0.05, 0) is 63.0 Å². The van der Waals surface area contributed by atoms with Gasteiger partial charge in [0.1, 0.15) is 17.5 Å². The Balaban J connectivity index is 0.000000403. The number of nitrogens with two attached hydrogens (primary N) is 3. The number of aromatic nitrogens is 6. The summed E-state index contributed by atoms with van der Waals surface area (Å²) in [5.74, 6) is 13.9. The number of nitrogens with zero attached hydrogens (tertiary/aromatic N) is 6. The second kappa shape index (κ2) is 20.3. The molecule has 0 aliphatic heterocycles. The molecule has 3 aliphatic rings. The summed E-state index contributed by atoms with van der Waals surface area (Å²) in [6, 6.07) is 0. The molecule has 2 heterocycles. The normalized spacial score (nSPS) is 24.6. The Hall–Kier alpha value is -3.80. The highest BCUT2D eigenvalue weighted by Crippen LogP contribution is 2.45. The Morgan fingerprint density at radius 3 is 1.96 bits per heavy atom. The molecule has 2 aromatic heterocycles. The van der Waals surface area contributed by atoms with Gasteiger partial charge in [0, 0.05) is 42.8 Å². The first-order valence-corrected chi connectivity index (χ1v) is 16.5. The third-order valence-electron chi connectivity index (χ3n) is 7.83. The average Bonchev–Trinajstić information content (AvgIpc) is 3.98. The van der Waals surface area contributed by atoms with Crippen LogP contribution in [0.15, 0.2) is 41.4 Å². The van der Waals surface area contributed by atoms with E-state index in [9.17, 15) is 0 Å². The lowest BCUT2D eigenvalue weighted by Crippen LogP contribution is -2.35. The number of allylic oxidation sites excluding steroid dienone is 2. The van der Waals surface area contributed by atoms with Crippen LogP contribution in [-0.4, -0.2) is 46.9 Å². The van der Waals surface area contributed by atoms with Crippen LogP contribution >= 0.6 is 0 Å². The van der Waals surface area contributed by atoms with Crippen LogP contribution in [0.1, 0.15) is 130 Å². The Kier molecular flexibility index (Phi) is 17.7. The highest BCUT2D eigenvalue weighted by molar-refractivity contribution is 5.95. The van der Waals surface area contributed by atoms with Gasteiger partial charge in [0.2, 0.25) is 0 Å². The molecule has 6 unspecified atom stereocenters. The summed E-state index contributed by atoms with van der Waals surface area (Å²) in [6.07, 6.45) is 13.1. The van der Waals surface area contributed by atoms with E-state index in [0.29, 0.717) is 42.1 Å². The number of aromatic amines is 2. The summed E-state index contributed by atoms with van der Waals surface area (Å²) in [4.78, 5) is 13.5. The van der Waals surface area contributed by atoms with E-state index in [1.54, 1.807) is 19.2 Å². The SMILES string of the molecule is C/C(=C/N)N(N)C(=N)C/C=C/N.CC.CC.CC(=N/C=C/Cc1nc(C2CC2C)n[nH]1)c1n[nH]c(C2CC2C)n1.CC1CC1C. The van der Waals surface area contributed by atoms with E-state index in [0.717, 1.165) is 40.9 Å². The molecule has 6 atom stereocenters. The fourth-order valence-corrected chi connectivity index (χ4v) is 4.02. The van der Waals surface area contributed by atoms with Crippen LogP contribution in [-0.2, 0) is 6.42 Å². The molecule has 3 saturated carbocycles. The summed E-state index contributed by atoms with van der Waals surface area (Å²) in [5, 5.41) is 23.2. The maximum absolute atomic E-state index is 7.43. The van der Waals surface area contributed by atoms with Gasteiger partial charge in [-0.3, -0.25) is 25.6 Å². The molecule has 12 nitrogen and oxygen atoms in total. The molecule has 0 bridgehead atoms. The van der Waals surface area contributed by atoms with Crippen LogP contribution in [0.25, 0.3) is 0 Å². The van der Waals surface area contributed by atoms with E-state index in [1.807, 2.05) is 40.7 Å². The summed E-state index contributed by atoms with van der Waals surface area (Å²) >= 11 is 0. The smallest absolute Gasteiger partial charge is 0.195 e.